The van der Waals surface area contributed by atoms with E-state index in [4.69, 9.17) is 20.8 Å². The van der Waals surface area contributed by atoms with Gasteiger partial charge in [0.15, 0.2) is 12.2 Å². The van der Waals surface area contributed by atoms with E-state index in [1.807, 2.05) is 12.1 Å². The lowest BCUT2D eigenvalue weighted by Crippen LogP contribution is -2.20. The lowest BCUT2D eigenvalue weighted by Gasteiger charge is -2.09. The minimum atomic E-state index is -0.297. The van der Waals surface area contributed by atoms with E-state index in [9.17, 15) is 4.79 Å². The third-order valence-corrected chi connectivity index (χ3v) is 4.09. The molecule has 1 N–H and O–H groups in total. The molecule has 0 aliphatic heterocycles. The summed E-state index contributed by atoms with van der Waals surface area (Å²) >= 11 is 6.01. The molecule has 4 aromatic rings. The number of oxazole rings is 1. The molecule has 0 fully saturated rings. The van der Waals surface area contributed by atoms with Crippen LogP contribution >= 0.6 is 11.6 Å². The van der Waals surface area contributed by atoms with Crippen LogP contribution in [0.25, 0.3) is 22.6 Å². The molecular weight excluding hydrogens is 366 g/mol. The number of anilines is 1. The maximum Gasteiger partial charge on any atom is 0.262 e. The highest BCUT2D eigenvalue weighted by atomic mass is 35.5. The van der Waals surface area contributed by atoms with Gasteiger partial charge in [0.05, 0.1) is 11.2 Å². The highest BCUT2D eigenvalue weighted by molar-refractivity contribution is 6.32. The molecule has 2 aromatic carbocycles. The zero-order valence-corrected chi connectivity index (χ0v) is 14.8. The molecule has 0 unspecified atom stereocenters. The highest BCUT2D eigenvalue weighted by Crippen LogP contribution is 2.26. The van der Waals surface area contributed by atoms with E-state index in [0.717, 1.165) is 5.56 Å². The Kier molecular flexibility index (Phi) is 4.72. The quantitative estimate of drug-likeness (QED) is 0.550. The number of nitrogens with zero attached hydrogens (tertiary/aromatic N) is 2. The number of hydrogen-bond donors (Lipinski definition) is 1. The van der Waals surface area contributed by atoms with E-state index in [-0.39, 0.29) is 12.5 Å². The second-order valence-corrected chi connectivity index (χ2v) is 6.12. The van der Waals surface area contributed by atoms with Crippen molar-refractivity contribution in [1.29, 1.82) is 0 Å². The molecule has 0 bridgehead atoms. The number of nitrogens with one attached hydrogen (secondary N) is 1. The lowest BCUT2D eigenvalue weighted by atomic mass is 10.2. The van der Waals surface area contributed by atoms with Crippen molar-refractivity contribution in [2.45, 2.75) is 0 Å². The number of ether oxygens (including phenoxy) is 1. The SMILES string of the molecule is O=C(COc1ccccc1Cl)Nc1cccc(-c2nc3cnccc3o2)c1. The topological polar surface area (TPSA) is 77.2 Å². The predicted molar refractivity (Wildman–Crippen MR) is 103 cm³/mol. The smallest absolute Gasteiger partial charge is 0.262 e. The van der Waals surface area contributed by atoms with Gasteiger partial charge in [-0.3, -0.25) is 9.78 Å². The van der Waals surface area contributed by atoms with Crippen LogP contribution in [0.15, 0.2) is 71.4 Å². The van der Waals surface area contributed by atoms with E-state index in [1.54, 1.807) is 54.9 Å². The van der Waals surface area contributed by atoms with Crippen LogP contribution in [0.4, 0.5) is 5.69 Å². The van der Waals surface area contributed by atoms with Gasteiger partial charge < -0.3 is 14.5 Å². The molecule has 27 heavy (non-hydrogen) atoms. The minimum absolute atomic E-state index is 0.150. The van der Waals surface area contributed by atoms with E-state index < -0.39 is 0 Å². The molecule has 7 heteroatoms. The second kappa shape index (κ2) is 7.47. The molecule has 0 radical (unpaired) electrons. The van der Waals surface area contributed by atoms with E-state index in [2.05, 4.69) is 15.3 Å². The fraction of sp³-hybridized carbons (Fsp3) is 0.0500. The third kappa shape index (κ3) is 3.91. The number of para-hydroxylation sites is 1. The fourth-order valence-corrected chi connectivity index (χ4v) is 2.73. The second-order valence-electron chi connectivity index (χ2n) is 5.71. The summed E-state index contributed by atoms with van der Waals surface area (Å²) in [5.41, 5.74) is 2.69. The molecule has 2 aromatic heterocycles. The van der Waals surface area contributed by atoms with Crippen molar-refractivity contribution in [3.8, 4) is 17.2 Å². The Morgan fingerprint density at radius 3 is 2.89 bits per heavy atom. The van der Waals surface area contributed by atoms with Gasteiger partial charge in [-0.2, -0.15) is 0 Å². The van der Waals surface area contributed by atoms with E-state index >= 15 is 0 Å². The Morgan fingerprint density at radius 2 is 2.04 bits per heavy atom. The van der Waals surface area contributed by atoms with Gasteiger partial charge in [0.25, 0.3) is 5.91 Å². The van der Waals surface area contributed by atoms with Crippen LogP contribution in [-0.4, -0.2) is 22.5 Å². The minimum Gasteiger partial charge on any atom is -0.482 e. The van der Waals surface area contributed by atoms with Crippen LogP contribution in [0.5, 0.6) is 5.75 Å². The number of halogens is 1. The Balaban J connectivity index is 1.46. The van der Waals surface area contributed by atoms with Crippen LogP contribution in [0, 0.1) is 0 Å². The summed E-state index contributed by atoms with van der Waals surface area (Å²) in [6, 6.07) is 16.0. The average Bonchev–Trinajstić information content (AvgIpc) is 3.12. The van der Waals surface area contributed by atoms with Gasteiger partial charge >= 0.3 is 0 Å². The molecule has 1 amide bonds. The molecule has 0 saturated carbocycles. The maximum atomic E-state index is 12.2. The summed E-state index contributed by atoms with van der Waals surface area (Å²) in [7, 11) is 0. The van der Waals surface area contributed by atoms with Crippen LogP contribution in [0.3, 0.4) is 0 Å². The molecule has 0 atom stereocenters. The molecule has 0 saturated heterocycles. The molecule has 0 aliphatic carbocycles. The van der Waals surface area contributed by atoms with Crippen molar-refractivity contribution in [3.05, 3.63) is 72.0 Å². The number of rotatable bonds is 5. The van der Waals surface area contributed by atoms with Crippen LogP contribution in [0.1, 0.15) is 0 Å². The number of pyridine rings is 1. The van der Waals surface area contributed by atoms with Crippen molar-refractivity contribution < 1.29 is 13.9 Å². The number of amides is 1. The zero-order chi connectivity index (χ0) is 18.6. The van der Waals surface area contributed by atoms with Gasteiger partial charge in [-0.05, 0) is 30.3 Å². The molecule has 0 aliphatic rings. The Labute approximate surface area is 159 Å². The summed E-state index contributed by atoms with van der Waals surface area (Å²) in [4.78, 5) is 20.6. The van der Waals surface area contributed by atoms with Crippen molar-refractivity contribution in [3.63, 3.8) is 0 Å². The third-order valence-electron chi connectivity index (χ3n) is 3.78. The number of hydrogen-bond acceptors (Lipinski definition) is 5. The van der Waals surface area contributed by atoms with Gasteiger partial charge in [-0.15, -0.1) is 0 Å². The number of carbonyl (C=O) groups is 1. The maximum absolute atomic E-state index is 12.2. The summed E-state index contributed by atoms with van der Waals surface area (Å²) in [5.74, 6) is 0.624. The summed E-state index contributed by atoms with van der Waals surface area (Å²) in [6.07, 6.45) is 3.28. The predicted octanol–water partition coefficient (Wildman–Crippen LogP) is 4.56. The molecule has 4 rings (SSSR count). The van der Waals surface area contributed by atoms with Gasteiger partial charge in [0.2, 0.25) is 5.89 Å². The standard InChI is InChI=1S/C20H14ClN3O3/c21-15-6-1-2-7-17(15)26-12-19(25)23-14-5-3-4-13(10-14)20-24-16-11-22-9-8-18(16)27-20/h1-11H,12H2,(H,23,25). The van der Waals surface area contributed by atoms with Gasteiger partial charge in [0.1, 0.15) is 11.3 Å². The summed E-state index contributed by atoms with van der Waals surface area (Å²) in [5, 5.41) is 3.24. The lowest BCUT2D eigenvalue weighted by molar-refractivity contribution is -0.118. The van der Waals surface area contributed by atoms with Crippen molar-refractivity contribution in [2.75, 3.05) is 11.9 Å². The van der Waals surface area contributed by atoms with Crippen molar-refractivity contribution in [2.24, 2.45) is 0 Å². The number of aromatic nitrogens is 2. The fourth-order valence-electron chi connectivity index (χ4n) is 2.54. The molecule has 2 heterocycles. The number of benzene rings is 2. The zero-order valence-electron chi connectivity index (χ0n) is 14.1. The Morgan fingerprint density at radius 1 is 1.15 bits per heavy atom. The van der Waals surface area contributed by atoms with Gasteiger partial charge in [0, 0.05) is 23.5 Å². The van der Waals surface area contributed by atoms with Gasteiger partial charge in [-0.25, -0.2) is 4.98 Å². The van der Waals surface area contributed by atoms with Crippen LogP contribution in [0.2, 0.25) is 5.02 Å². The van der Waals surface area contributed by atoms with Crippen LogP contribution in [-0.2, 0) is 4.79 Å². The van der Waals surface area contributed by atoms with Gasteiger partial charge in [-0.1, -0.05) is 29.8 Å². The largest absolute Gasteiger partial charge is 0.482 e. The monoisotopic (exact) mass is 379 g/mol. The first kappa shape index (κ1) is 17.1. The van der Waals surface area contributed by atoms with E-state index in [1.165, 1.54) is 0 Å². The summed E-state index contributed by atoms with van der Waals surface area (Å²) in [6.45, 7) is -0.150. The Hall–Kier alpha value is -3.38. The van der Waals surface area contributed by atoms with Crippen molar-refractivity contribution in [1.82, 2.24) is 9.97 Å². The number of fused-ring (bicyclic) bond motifs is 1. The molecule has 134 valence electrons. The average molecular weight is 380 g/mol. The highest BCUT2D eigenvalue weighted by Gasteiger charge is 2.10. The first-order chi connectivity index (χ1) is 13.2. The summed E-state index contributed by atoms with van der Waals surface area (Å²) < 4.78 is 11.2. The molecule has 0 spiro atoms. The molecule has 6 nitrogen and oxygen atoms in total. The number of carbonyl (C=O) groups excluding carboxylic acids is 1. The first-order valence-corrected chi connectivity index (χ1v) is 8.55. The van der Waals surface area contributed by atoms with Crippen LogP contribution < -0.4 is 10.1 Å². The molecular formula is C20H14ClN3O3. The van der Waals surface area contributed by atoms with Crippen molar-refractivity contribution >= 4 is 34.3 Å². The van der Waals surface area contributed by atoms with E-state index in [0.29, 0.717) is 33.4 Å². The Bertz CT molecular complexity index is 1080. The normalized spacial score (nSPS) is 10.7. The first-order valence-electron chi connectivity index (χ1n) is 8.17.